The van der Waals surface area contributed by atoms with Crippen molar-refractivity contribution < 1.29 is 92.7 Å². The summed E-state index contributed by atoms with van der Waals surface area (Å²) in [6, 6.07) is 0. The Hall–Kier alpha value is -4.64. The summed E-state index contributed by atoms with van der Waals surface area (Å²) in [6.07, 6.45) is -0.345. The van der Waals surface area contributed by atoms with Gasteiger partial charge in [-0.2, -0.15) is 0 Å². The van der Waals surface area contributed by atoms with Gasteiger partial charge < -0.3 is 64.1 Å². The molecule has 0 radical (unpaired) electrons. The second kappa shape index (κ2) is 20.0. The molecule has 6 aliphatic heterocycles. The van der Waals surface area contributed by atoms with Gasteiger partial charge in [-0.25, -0.2) is 9.59 Å². The number of rotatable bonds is 3. The molecule has 4 spiro atoms. The summed E-state index contributed by atoms with van der Waals surface area (Å²) in [6.45, 7) is 28.2. The van der Waals surface area contributed by atoms with Crippen LogP contribution in [0, 0.1) is 79.8 Å². The van der Waals surface area contributed by atoms with Crippen LogP contribution in [0.25, 0.3) is 0 Å². The smallest absolute Gasteiger partial charge is 0.410 e. The van der Waals surface area contributed by atoms with E-state index in [2.05, 4.69) is 13.2 Å². The first kappa shape index (κ1) is 61.4. The predicted octanol–water partition coefficient (Wildman–Crippen LogP) is 5.08. The number of aliphatic carboxylic acids is 1. The van der Waals surface area contributed by atoms with Crippen LogP contribution in [0.5, 0.6) is 0 Å². The van der Waals surface area contributed by atoms with E-state index in [1.54, 1.807) is 30.6 Å². The van der Waals surface area contributed by atoms with Crippen LogP contribution in [0.4, 0.5) is 9.59 Å². The van der Waals surface area contributed by atoms with Crippen molar-refractivity contribution in [1.82, 2.24) is 9.80 Å². The fourth-order valence-electron chi connectivity index (χ4n) is 18.9. The molecule has 2 amide bonds. The minimum atomic E-state index is -2.32. The molecule has 0 aromatic rings. The van der Waals surface area contributed by atoms with Crippen LogP contribution < -0.4 is 0 Å². The highest BCUT2D eigenvalue weighted by molar-refractivity contribution is 6.07. The van der Waals surface area contributed by atoms with Gasteiger partial charge in [-0.1, -0.05) is 40.9 Å². The summed E-state index contributed by atoms with van der Waals surface area (Å²) in [5.41, 5.74) is -7.16. The largest absolute Gasteiger partial charge is 0.481 e. The van der Waals surface area contributed by atoms with E-state index in [0.29, 0.717) is 103 Å². The normalized spacial score (nSPS) is 42.9. The third-order valence-corrected chi connectivity index (χ3v) is 22.5. The number of nitrogens with zero attached hydrogens (tertiary/aromatic N) is 2. The van der Waals surface area contributed by atoms with E-state index in [9.17, 15) is 63.9 Å². The number of ether oxygens (including phenoxy) is 5. The number of carboxylic acid groups (broad SMARTS) is 1. The standard InChI is InChI=1S/C31H43NO9.C20H26O6.C11H19NO4/c1-16-18-7-8-19-29-15-39-31(38,23(35)21(29)28(5,6)12-9-20(29)33)30(19,22(16)34)24(18)40-25(36)17-10-13-32(14-11-17)26(37)41-27(2,3)4;1-9-10-4-5-11-18-8-26-20(25,19(11,14(9)22)15(10)23)16(24)13(18)17(2,3)7-6-12(18)21;1-11(2,3)16-10(15)12-6-4-8(5-7-12)9(13)14/h17-19,21,23-24,35,38H,1,7-15H2,2-6H3;10-11,13,15-16,23-25H,1,4-8H2,2-3H3;8H,4-7H2,1-3H3,(H,13,14)/t18-,19-,21+,23-,24+,29+,30-,31-;10-,11-,13+,15+,16-,18+,19-,20-;/m00./s1. The average Bonchev–Trinajstić information content (AvgIpc) is 1.65. The number of hydrogen-bond donors (Lipinski definition) is 6. The first-order chi connectivity index (χ1) is 38.4. The molecule has 0 unspecified atom stereocenters. The van der Waals surface area contributed by atoms with Crippen LogP contribution >= 0.6 is 0 Å². The highest BCUT2D eigenvalue weighted by Crippen LogP contribution is 2.78. The molecule has 83 heavy (non-hydrogen) atoms. The Morgan fingerprint density at radius 1 is 0.566 bits per heavy atom. The number of aliphatic hydroxyl groups excluding tert-OH is 3. The van der Waals surface area contributed by atoms with E-state index in [0.717, 1.165) is 0 Å². The van der Waals surface area contributed by atoms with Crippen molar-refractivity contribution >= 4 is 47.3 Å². The second-order valence-electron chi connectivity index (χ2n) is 29.8. The molecule has 21 nitrogen and oxygen atoms in total. The molecular formula is C62H88N2O19. The Balaban J connectivity index is 0.000000156. The Labute approximate surface area is 485 Å². The lowest BCUT2D eigenvalue weighted by molar-refractivity contribution is -0.437. The average molecular weight is 1170 g/mol. The summed E-state index contributed by atoms with van der Waals surface area (Å²) in [4.78, 5) is 106. The zero-order chi connectivity index (χ0) is 61.1. The molecule has 21 heteroatoms. The molecule has 0 aromatic carbocycles. The summed E-state index contributed by atoms with van der Waals surface area (Å²) < 4.78 is 28.6. The first-order valence-corrected chi connectivity index (χ1v) is 30.1. The number of esters is 1. The third-order valence-electron chi connectivity index (χ3n) is 22.5. The second-order valence-corrected chi connectivity index (χ2v) is 29.8. The summed E-state index contributed by atoms with van der Waals surface area (Å²) in [5, 5.41) is 66.8. The van der Waals surface area contributed by atoms with Crippen molar-refractivity contribution in [2.75, 3.05) is 39.4 Å². The molecule has 8 bridgehead atoms. The molecule has 14 aliphatic rings. The van der Waals surface area contributed by atoms with Gasteiger partial charge in [0.1, 0.15) is 51.9 Å². The van der Waals surface area contributed by atoms with Crippen molar-refractivity contribution in [3.8, 4) is 0 Å². The number of Topliss-reactive ketones (excluding diaryl/α,β-unsaturated/α-hetero) is 4. The topological polar surface area (TPSA) is 311 Å². The summed E-state index contributed by atoms with van der Waals surface area (Å²) >= 11 is 0. The Bertz CT molecular complexity index is 2780. The highest BCUT2D eigenvalue weighted by Gasteiger charge is 2.89. The SMILES string of the molecule is C=C1C(=O)[C@]23[C@H](O)[C@H]1CC[C@H]2[C@@]12CO[C@@]3(O)[C@@H](O)[C@@H]1C(C)(C)CCC2=O.C=C1C(=O)[C@]23[C@H](OC(=O)C4CCN(C(=O)OC(C)(C)C)CC4)[C@H]1CC[C@H]2[C@@]12CO[C@@]3(O)[C@@H](O)[C@@H]1C(C)(C)CCC2=O.CC(C)(C)OC(=O)N1CCC(C(=O)O)CC1. The van der Waals surface area contributed by atoms with Gasteiger partial charge in [-0.3, -0.25) is 28.8 Å². The monoisotopic (exact) mass is 1160 g/mol. The highest BCUT2D eigenvalue weighted by atomic mass is 16.7. The Kier molecular flexibility index (Phi) is 14.8. The third kappa shape index (κ3) is 8.50. The minimum absolute atomic E-state index is 0.00293. The summed E-state index contributed by atoms with van der Waals surface area (Å²) in [5.74, 6) is -10.9. The number of ketones is 4. The Morgan fingerprint density at radius 2 is 0.952 bits per heavy atom. The number of likely N-dealkylation sites (tertiary alicyclic amines) is 2. The zero-order valence-corrected chi connectivity index (χ0v) is 50.0. The number of fused-ring (bicyclic) bond motifs is 4. The van der Waals surface area contributed by atoms with Gasteiger partial charge in [0.05, 0.1) is 42.0 Å². The van der Waals surface area contributed by atoms with Crippen molar-refractivity contribution in [3.05, 3.63) is 24.3 Å². The Morgan fingerprint density at radius 3 is 1.39 bits per heavy atom. The fourth-order valence-corrected chi connectivity index (χ4v) is 18.9. The van der Waals surface area contributed by atoms with Crippen LogP contribution in [0.3, 0.4) is 0 Å². The number of carbonyl (C=O) groups excluding carboxylic acids is 7. The van der Waals surface area contributed by atoms with Crippen molar-refractivity contribution in [1.29, 1.82) is 0 Å². The predicted molar refractivity (Wildman–Crippen MR) is 292 cm³/mol. The summed E-state index contributed by atoms with van der Waals surface area (Å²) in [7, 11) is 0. The molecule has 14 fully saturated rings. The molecule has 6 saturated heterocycles. The van der Waals surface area contributed by atoms with Gasteiger partial charge in [0.2, 0.25) is 11.6 Å². The van der Waals surface area contributed by atoms with E-state index < -0.39 is 145 Å². The number of aliphatic hydroxyl groups is 5. The molecule has 460 valence electrons. The lowest BCUT2D eigenvalue weighted by atomic mass is 9.36. The van der Waals surface area contributed by atoms with Crippen LogP contribution in [-0.4, -0.2) is 174 Å². The van der Waals surface area contributed by atoms with Gasteiger partial charge >= 0.3 is 24.1 Å². The fraction of sp³-hybridized carbons (Fsp3) is 0.806. The van der Waals surface area contributed by atoms with Gasteiger partial charge in [0.25, 0.3) is 0 Å². The minimum Gasteiger partial charge on any atom is -0.481 e. The van der Waals surface area contributed by atoms with E-state index in [1.165, 1.54) is 0 Å². The van der Waals surface area contributed by atoms with Gasteiger partial charge in [0.15, 0.2) is 11.6 Å². The van der Waals surface area contributed by atoms with Crippen LogP contribution in [0.15, 0.2) is 24.3 Å². The molecule has 14 rings (SSSR count). The molecule has 6 heterocycles. The quantitative estimate of drug-likeness (QED) is 0.122. The van der Waals surface area contributed by atoms with Crippen molar-refractivity contribution in [2.45, 2.75) is 193 Å². The lowest BCUT2D eigenvalue weighted by Gasteiger charge is -2.73. The number of amides is 2. The van der Waals surface area contributed by atoms with E-state index in [-0.39, 0.29) is 53.4 Å². The maximum absolute atomic E-state index is 14.2. The number of hydrogen-bond acceptors (Lipinski definition) is 18. The van der Waals surface area contributed by atoms with Gasteiger partial charge in [-0.15, -0.1) is 0 Å². The van der Waals surface area contributed by atoms with E-state index >= 15 is 0 Å². The van der Waals surface area contributed by atoms with Crippen LogP contribution in [0.1, 0.15) is 146 Å². The van der Waals surface area contributed by atoms with E-state index in [4.69, 9.17) is 28.8 Å². The number of carboxylic acids is 1. The van der Waals surface area contributed by atoms with Gasteiger partial charge in [0, 0.05) is 62.7 Å². The lowest BCUT2D eigenvalue weighted by Crippen LogP contribution is -2.85. The van der Waals surface area contributed by atoms with Crippen molar-refractivity contribution in [3.63, 3.8) is 0 Å². The number of carbonyl (C=O) groups is 8. The molecular weight excluding hydrogens is 1080 g/mol. The van der Waals surface area contributed by atoms with Gasteiger partial charge in [-0.05, 0) is 140 Å². The van der Waals surface area contributed by atoms with Crippen molar-refractivity contribution in [2.24, 2.45) is 79.8 Å². The van der Waals surface area contributed by atoms with Crippen LogP contribution in [0.2, 0.25) is 0 Å². The van der Waals surface area contributed by atoms with E-state index in [1.807, 2.05) is 48.5 Å². The first-order valence-electron chi connectivity index (χ1n) is 30.1. The molecule has 6 N–H and O–H groups in total. The molecule has 0 aromatic heterocycles. The number of piperidine rings is 2. The molecule has 16 atom stereocenters. The molecule has 8 saturated carbocycles. The zero-order valence-electron chi connectivity index (χ0n) is 50.0. The maximum Gasteiger partial charge on any atom is 0.410 e. The van der Waals surface area contributed by atoms with Crippen LogP contribution in [-0.2, 0) is 52.5 Å². The molecule has 8 aliphatic carbocycles. The maximum atomic E-state index is 14.2.